The van der Waals surface area contributed by atoms with E-state index in [4.69, 9.17) is 0 Å². The van der Waals surface area contributed by atoms with Crippen molar-refractivity contribution in [2.24, 2.45) is 5.92 Å². The first-order chi connectivity index (χ1) is 10.1. The molecule has 0 aliphatic heterocycles. The van der Waals surface area contributed by atoms with Crippen molar-refractivity contribution in [3.63, 3.8) is 0 Å². The summed E-state index contributed by atoms with van der Waals surface area (Å²) in [6.45, 7) is 17.9. The van der Waals surface area contributed by atoms with Gasteiger partial charge in [-0.25, -0.2) is 0 Å². The van der Waals surface area contributed by atoms with Gasteiger partial charge in [-0.1, -0.05) is 13.8 Å². The lowest BCUT2D eigenvalue weighted by Crippen LogP contribution is -1.95. The van der Waals surface area contributed by atoms with Gasteiger partial charge in [0.15, 0.2) is 0 Å². The Labute approximate surface area is 142 Å². The van der Waals surface area contributed by atoms with E-state index in [1.807, 2.05) is 13.8 Å². The van der Waals surface area contributed by atoms with E-state index < -0.39 is 0 Å². The van der Waals surface area contributed by atoms with E-state index in [0.29, 0.717) is 5.92 Å². The van der Waals surface area contributed by atoms with Crippen LogP contribution in [0, 0.1) is 5.92 Å². The maximum Gasteiger partial charge on any atom is 0.130 e. The van der Waals surface area contributed by atoms with Crippen LogP contribution in [-0.2, 0) is 24.0 Å². The fourth-order valence-electron chi connectivity index (χ4n) is 0.575. The second-order valence-electron chi connectivity index (χ2n) is 5.93. The quantitative estimate of drug-likeness (QED) is 0.763. The lowest BCUT2D eigenvalue weighted by molar-refractivity contribution is -0.118. The molecule has 0 radical (unpaired) electrons. The van der Waals surface area contributed by atoms with E-state index >= 15 is 0 Å². The summed E-state index contributed by atoms with van der Waals surface area (Å²) in [4.78, 5) is 48.0. The number of rotatable bonds is 2. The van der Waals surface area contributed by atoms with E-state index in [-0.39, 0.29) is 28.9 Å². The summed E-state index contributed by atoms with van der Waals surface area (Å²) in [5, 5.41) is 0. The Kier molecular flexibility index (Phi) is 36.4. The van der Waals surface area contributed by atoms with Gasteiger partial charge in [0, 0.05) is 6.42 Å². The first-order valence-electron chi connectivity index (χ1n) is 7.44. The van der Waals surface area contributed by atoms with Gasteiger partial charge < -0.3 is 24.0 Å². The van der Waals surface area contributed by atoms with Crippen molar-refractivity contribution < 1.29 is 24.0 Å². The minimum absolute atomic E-state index is 0.167. The van der Waals surface area contributed by atoms with Crippen LogP contribution >= 0.6 is 0 Å². The molecule has 0 rings (SSSR count). The third-order valence-corrected chi connectivity index (χ3v) is 0.696. The van der Waals surface area contributed by atoms with Crippen LogP contribution in [0.5, 0.6) is 0 Å². The molecule has 138 valence electrons. The molecular weight excluding hydrogens is 296 g/mol. The number of hydrogen-bond donors (Lipinski definition) is 0. The first kappa shape index (κ1) is 33.1. The standard InChI is InChI=1S/C6H12O.4C3H6O/c1-5(2)4-6(3)7;4*1-3(2)4/h5H,4H2,1-3H3;4*1-2H3. The predicted octanol–water partition coefficient (Wildman–Crippen LogP) is 4.00. The second-order valence-corrected chi connectivity index (χ2v) is 5.93. The highest BCUT2D eigenvalue weighted by Crippen LogP contribution is 1.97. The van der Waals surface area contributed by atoms with E-state index in [0.717, 1.165) is 6.42 Å². The van der Waals surface area contributed by atoms with Gasteiger partial charge in [-0.05, 0) is 68.2 Å². The zero-order valence-electron chi connectivity index (χ0n) is 16.8. The maximum absolute atomic E-state index is 10.3. The molecule has 0 bridgehead atoms. The van der Waals surface area contributed by atoms with Crippen molar-refractivity contribution in [1.29, 1.82) is 0 Å². The molecule has 5 heteroatoms. The molecule has 0 heterocycles. The maximum atomic E-state index is 10.3. The molecule has 0 aromatic carbocycles. The average molecular weight is 332 g/mol. The van der Waals surface area contributed by atoms with Crippen molar-refractivity contribution >= 4 is 28.9 Å². The number of carbonyl (C=O) groups is 5. The molecule has 0 atom stereocenters. The van der Waals surface area contributed by atoms with E-state index in [1.165, 1.54) is 55.4 Å². The van der Waals surface area contributed by atoms with Crippen LogP contribution in [0.1, 0.15) is 82.6 Å². The summed E-state index contributed by atoms with van der Waals surface area (Å²) in [5.74, 6) is 1.48. The predicted molar refractivity (Wildman–Crippen MR) is 95.6 cm³/mol. The molecular formula is C18H36O5. The Morgan fingerprint density at radius 1 is 0.522 bits per heavy atom. The number of Topliss-reactive ketones (excluding diaryl/α,β-unsaturated/α-hetero) is 5. The Balaban J connectivity index is -0.0000000604. The number of carbonyl (C=O) groups excluding carboxylic acids is 5. The monoisotopic (exact) mass is 332 g/mol. The summed E-state index contributed by atoms with van der Waals surface area (Å²) < 4.78 is 0. The molecule has 0 spiro atoms. The third-order valence-electron chi connectivity index (χ3n) is 0.696. The van der Waals surface area contributed by atoms with E-state index in [2.05, 4.69) is 0 Å². The van der Waals surface area contributed by atoms with Crippen LogP contribution in [-0.4, -0.2) is 28.9 Å². The number of ketones is 5. The van der Waals surface area contributed by atoms with Crippen LogP contribution in [0.2, 0.25) is 0 Å². The van der Waals surface area contributed by atoms with Gasteiger partial charge in [-0.15, -0.1) is 0 Å². The lowest BCUT2D eigenvalue weighted by Gasteiger charge is -1.95. The molecule has 5 nitrogen and oxygen atoms in total. The molecule has 0 fully saturated rings. The second kappa shape index (κ2) is 25.3. The van der Waals surface area contributed by atoms with Crippen LogP contribution in [0.25, 0.3) is 0 Å². The van der Waals surface area contributed by atoms with Crippen LogP contribution in [0.3, 0.4) is 0 Å². The topological polar surface area (TPSA) is 85.3 Å². The molecule has 0 unspecified atom stereocenters. The first-order valence-corrected chi connectivity index (χ1v) is 7.44. The van der Waals surface area contributed by atoms with Gasteiger partial charge in [0.25, 0.3) is 0 Å². The zero-order chi connectivity index (χ0) is 20.2. The fraction of sp³-hybridized carbons (Fsp3) is 0.722. The molecule has 0 aromatic rings. The summed E-state index contributed by atoms with van der Waals surface area (Å²) >= 11 is 0. The molecule has 0 aliphatic rings. The van der Waals surface area contributed by atoms with E-state index in [9.17, 15) is 24.0 Å². The Morgan fingerprint density at radius 3 is 0.652 bits per heavy atom. The normalized spacial score (nSPS) is 7.48. The number of hydrogen-bond acceptors (Lipinski definition) is 5. The average Bonchev–Trinajstić information content (AvgIpc) is 2.09. The zero-order valence-corrected chi connectivity index (χ0v) is 16.8. The Morgan fingerprint density at radius 2 is 0.652 bits per heavy atom. The molecule has 0 aromatic heterocycles. The lowest BCUT2D eigenvalue weighted by atomic mass is 10.1. The van der Waals surface area contributed by atoms with Crippen LogP contribution in [0.15, 0.2) is 0 Å². The minimum Gasteiger partial charge on any atom is -0.300 e. The SMILES string of the molecule is CC(=O)CC(C)C.CC(C)=O.CC(C)=O.CC(C)=O.CC(C)=O. The van der Waals surface area contributed by atoms with Gasteiger partial charge in [-0.3, -0.25) is 0 Å². The molecule has 0 N–H and O–H groups in total. The largest absolute Gasteiger partial charge is 0.300 e. The summed E-state index contributed by atoms with van der Waals surface area (Å²) in [5.41, 5.74) is 0. The summed E-state index contributed by atoms with van der Waals surface area (Å²) in [6.07, 6.45) is 0.722. The molecule has 0 saturated heterocycles. The summed E-state index contributed by atoms with van der Waals surface area (Å²) in [6, 6.07) is 0. The summed E-state index contributed by atoms with van der Waals surface area (Å²) in [7, 11) is 0. The van der Waals surface area contributed by atoms with Crippen molar-refractivity contribution in [3.05, 3.63) is 0 Å². The highest BCUT2D eigenvalue weighted by atomic mass is 16.1. The van der Waals surface area contributed by atoms with Gasteiger partial charge in [0.05, 0.1) is 0 Å². The van der Waals surface area contributed by atoms with Crippen molar-refractivity contribution in [1.82, 2.24) is 0 Å². The van der Waals surface area contributed by atoms with Crippen LogP contribution < -0.4 is 0 Å². The Hall–Kier alpha value is -1.65. The molecule has 0 saturated carbocycles. The van der Waals surface area contributed by atoms with Gasteiger partial charge in [-0.2, -0.15) is 0 Å². The van der Waals surface area contributed by atoms with Crippen molar-refractivity contribution in [2.75, 3.05) is 0 Å². The highest BCUT2D eigenvalue weighted by molar-refractivity contribution is 5.75. The minimum atomic E-state index is 0.167. The molecule has 0 aliphatic carbocycles. The van der Waals surface area contributed by atoms with Gasteiger partial charge in [0.1, 0.15) is 28.9 Å². The third kappa shape index (κ3) is 1240. The van der Waals surface area contributed by atoms with Crippen molar-refractivity contribution in [2.45, 2.75) is 82.6 Å². The Bertz CT molecular complexity index is 277. The highest BCUT2D eigenvalue weighted by Gasteiger charge is 1.95. The van der Waals surface area contributed by atoms with Crippen LogP contribution in [0.4, 0.5) is 0 Å². The van der Waals surface area contributed by atoms with Gasteiger partial charge in [0.2, 0.25) is 0 Å². The van der Waals surface area contributed by atoms with Gasteiger partial charge >= 0.3 is 0 Å². The van der Waals surface area contributed by atoms with E-state index in [1.54, 1.807) is 6.92 Å². The molecule has 0 amide bonds. The molecule has 23 heavy (non-hydrogen) atoms. The van der Waals surface area contributed by atoms with Crippen molar-refractivity contribution in [3.8, 4) is 0 Å². The smallest absolute Gasteiger partial charge is 0.130 e. The fourth-order valence-corrected chi connectivity index (χ4v) is 0.575.